The third kappa shape index (κ3) is 5.54. The van der Waals surface area contributed by atoms with Gasteiger partial charge in [-0.05, 0) is 36.4 Å². The quantitative estimate of drug-likeness (QED) is 0.939. The molecule has 0 fully saturated rings. The van der Waals surface area contributed by atoms with Crippen LogP contribution in [0.15, 0.2) is 59.5 Å². The molecule has 0 aliphatic rings. The fourth-order valence-corrected chi connectivity index (χ4v) is 1.91. The van der Waals surface area contributed by atoms with Gasteiger partial charge in [0.15, 0.2) is 0 Å². The number of rotatable bonds is 3. The van der Waals surface area contributed by atoms with Gasteiger partial charge < -0.3 is 14.0 Å². The summed E-state index contributed by atoms with van der Waals surface area (Å²) >= 11 is -1.55. The van der Waals surface area contributed by atoms with Crippen LogP contribution in [-0.4, -0.2) is 23.5 Å². The van der Waals surface area contributed by atoms with Crippen molar-refractivity contribution in [2.75, 3.05) is 14.2 Å². The van der Waals surface area contributed by atoms with E-state index in [1.165, 1.54) is 12.1 Å². The van der Waals surface area contributed by atoms with Gasteiger partial charge in [-0.25, -0.2) is 4.21 Å². The van der Waals surface area contributed by atoms with Crippen LogP contribution in [0.1, 0.15) is 0 Å². The predicted molar refractivity (Wildman–Crippen MR) is 74.5 cm³/mol. The minimum absolute atomic E-state index is 0.139. The second-order valence-corrected chi connectivity index (χ2v) is 4.64. The van der Waals surface area contributed by atoms with E-state index in [1.54, 1.807) is 38.5 Å². The van der Waals surface area contributed by atoms with Gasteiger partial charge in [-0.1, -0.05) is 18.2 Å². The first-order valence-electron chi connectivity index (χ1n) is 5.51. The smallest absolute Gasteiger partial charge is 0.240 e. The molecule has 0 aromatic heterocycles. The van der Waals surface area contributed by atoms with Gasteiger partial charge in [-0.3, -0.25) is 0 Å². The highest BCUT2D eigenvalue weighted by atomic mass is 32.2. The lowest BCUT2D eigenvalue weighted by Crippen LogP contribution is -2.00. The van der Waals surface area contributed by atoms with Crippen molar-refractivity contribution in [1.82, 2.24) is 0 Å². The maximum atomic E-state index is 11.7. The second-order valence-electron chi connectivity index (χ2n) is 3.53. The summed E-state index contributed by atoms with van der Waals surface area (Å²) in [6.45, 7) is 0. The molecule has 2 rings (SSSR count). The molecule has 0 saturated heterocycles. The largest absolute Gasteiger partial charge is 0.508 e. The average molecular weight is 280 g/mol. The highest BCUT2D eigenvalue weighted by Crippen LogP contribution is 2.17. The number of benzene rings is 2. The highest BCUT2D eigenvalue weighted by Gasteiger charge is 2.05. The number of hydrogen-bond acceptors (Lipinski definition) is 4. The van der Waals surface area contributed by atoms with Crippen LogP contribution in [0, 0.1) is 0 Å². The van der Waals surface area contributed by atoms with Crippen LogP contribution >= 0.6 is 0 Å². The van der Waals surface area contributed by atoms with Crippen molar-refractivity contribution in [1.29, 1.82) is 0 Å². The molecule has 0 radical (unpaired) electrons. The number of ether oxygens (including phenoxy) is 1. The van der Waals surface area contributed by atoms with Crippen molar-refractivity contribution in [3.05, 3.63) is 54.6 Å². The van der Waals surface area contributed by atoms with Crippen LogP contribution in [0.5, 0.6) is 11.5 Å². The summed E-state index contributed by atoms with van der Waals surface area (Å²) in [5.41, 5.74) is 0. The van der Waals surface area contributed by atoms with Crippen LogP contribution in [0.3, 0.4) is 0 Å². The summed E-state index contributed by atoms with van der Waals surface area (Å²) < 4.78 is 21.2. The highest BCUT2D eigenvalue weighted by molar-refractivity contribution is 7.80. The van der Waals surface area contributed by atoms with Crippen molar-refractivity contribution >= 4 is 11.1 Å². The SMILES string of the molecule is COC.O=S(Oc1ccccc1)c1ccc(O)cc1. The van der Waals surface area contributed by atoms with E-state index in [4.69, 9.17) is 9.29 Å². The molecule has 19 heavy (non-hydrogen) atoms. The second kappa shape index (κ2) is 8.29. The van der Waals surface area contributed by atoms with Gasteiger partial charge in [0.25, 0.3) is 0 Å². The fourth-order valence-electron chi connectivity index (χ4n) is 1.17. The van der Waals surface area contributed by atoms with Crippen LogP contribution in [0.25, 0.3) is 0 Å². The number of phenolic OH excluding ortho intramolecular Hbond substituents is 1. The van der Waals surface area contributed by atoms with Gasteiger partial charge in [0, 0.05) is 14.2 Å². The van der Waals surface area contributed by atoms with E-state index in [2.05, 4.69) is 4.74 Å². The summed E-state index contributed by atoms with van der Waals surface area (Å²) in [5.74, 6) is 0.689. The first kappa shape index (κ1) is 15.2. The molecule has 0 bridgehead atoms. The maximum Gasteiger partial charge on any atom is 0.240 e. The normalized spacial score (nSPS) is 11.1. The zero-order valence-electron chi connectivity index (χ0n) is 10.8. The monoisotopic (exact) mass is 280 g/mol. The molecule has 5 heteroatoms. The van der Waals surface area contributed by atoms with Gasteiger partial charge in [-0.2, -0.15) is 0 Å². The van der Waals surface area contributed by atoms with E-state index in [-0.39, 0.29) is 5.75 Å². The number of hydrogen-bond donors (Lipinski definition) is 1. The lowest BCUT2D eigenvalue weighted by Gasteiger charge is -2.04. The molecule has 0 spiro atoms. The number of aromatic hydroxyl groups is 1. The number of para-hydroxylation sites is 1. The molecule has 1 atom stereocenters. The van der Waals surface area contributed by atoms with Crippen molar-refractivity contribution < 1.29 is 18.2 Å². The molecule has 4 nitrogen and oxygen atoms in total. The van der Waals surface area contributed by atoms with E-state index in [1.807, 2.05) is 18.2 Å². The van der Waals surface area contributed by atoms with E-state index >= 15 is 0 Å². The van der Waals surface area contributed by atoms with E-state index in [0.29, 0.717) is 10.6 Å². The minimum atomic E-state index is -1.55. The molecule has 0 heterocycles. The van der Waals surface area contributed by atoms with Crippen molar-refractivity contribution in [3.63, 3.8) is 0 Å². The molecule has 2 aromatic carbocycles. The molecular weight excluding hydrogens is 264 g/mol. The molecule has 0 amide bonds. The van der Waals surface area contributed by atoms with Crippen molar-refractivity contribution in [2.45, 2.75) is 4.90 Å². The third-order valence-electron chi connectivity index (χ3n) is 1.94. The van der Waals surface area contributed by atoms with Crippen LogP contribution in [0.4, 0.5) is 0 Å². The lowest BCUT2D eigenvalue weighted by atomic mass is 10.3. The first-order valence-corrected chi connectivity index (χ1v) is 6.59. The Labute approximate surface area is 115 Å². The first-order chi connectivity index (χ1) is 9.17. The summed E-state index contributed by atoms with van der Waals surface area (Å²) in [6.07, 6.45) is 0. The Balaban J connectivity index is 0.000000550. The molecular formula is C14H16O4S. The third-order valence-corrected chi connectivity index (χ3v) is 2.95. The van der Waals surface area contributed by atoms with Crippen LogP contribution in [0.2, 0.25) is 0 Å². The fraction of sp³-hybridized carbons (Fsp3) is 0.143. The van der Waals surface area contributed by atoms with E-state index in [0.717, 1.165) is 0 Å². The molecule has 0 saturated carbocycles. The molecule has 1 N–H and O–H groups in total. The molecule has 102 valence electrons. The van der Waals surface area contributed by atoms with Gasteiger partial charge in [-0.15, -0.1) is 0 Å². The van der Waals surface area contributed by atoms with E-state index < -0.39 is 11.1 Å². The van der Waals surface area contributed by atoms with Gasteiger partial charge in [0.05, 0.1) is 4.90 Å². The molecule has 2 aromatic rings. The summed E-state index contributed by atoms with van der Waals surface area (Å²) in [7, 11) is 3.25. The Hall–Kier alpha value is -1.85. The molecule has 0 aliphatic heterocycles. The zero-order chi connectivity index (χ0) is 14.1. The predicted octanol–water partition coefficient (Wildman–Crippen LogP) is 2.76. The van der Waals surface area contributed by atoms with Crippen molar-refractivity contribution in [2.24, 2.45) is 0 Å². The Morgan fingerprint density at radius 3 is 2.00 bits per heavy atom. The van der Waals surface area contributed by atoms with Crippen LogP contribution < -0.4 is 4.18 Å². The number of phenols is 1. The Kier molecular flexibility index (Phi) is 6.63. The Morgan fingerprint density at radius 1 is 0.947 bits per heavy atom. The average Bonchev–Trinajstić information content (AvgIpc) is 2.41. The van der Waals surface area contributed by atoms with Gasteiger partial charge in [0.2, 0.25) is 11.1 Å². The minimum Gasteiger partial charge on any atom is -0.508 e. The van der Waals surface area contributed by atoms with Crippen molar-refractivity contribution in [3.8, 4) is 11.5 Å². The summed E-state index contributed by atoms with van der Waals surface area (Å²) in [4.78, 5) is 0.515. The van der Waals surface area contributed by atoms with Crippen LogP contribution in [-0.2, 0) is 15.8 Å². The van der Waals surface area contributed by atoms with Gasteiger partial charge >= 0.3 is 0 Å². The molecule has 0 aliphatic carbocycles. The maximum absolute atomic E-state index is 11.7. The standard InChI is InChI=1S/C12H10O3S.C2H6O/c13-10-6-8-12(9-7-10)16(14)15-11-4-2-1-3-5-11;1-3-2/h1-9,13H;1-2H3. The Morgan fingerprint density at radius 2 is 1.47 bits per heavy atom. The number of methoxy groups -OCH3 is 1. The lowest BCUT2D eigenvalue weighted by molar-refractivity contribution is 0.277. The van der Waals surface area contributed by atoms with E-state index in [9.17, 15) is 4.21 Å². The summed E-state index contributed by atoms with van der Waals surface area (Å²) in [5, 5.41) is 9.09. The Bertz CT molecular complexity index is 497. The van der Waals surface area contributed by atoms with Gasteiger partial charge in [0.1, 0.15) is 11.5 Å². The summed E-state index contributed by atoms with van der Waals surface area (Å²) in [6, 6.07) is 15.0. The molecule has 1 unspecified atom stereocenters. The topological polar surface area (TPSA) is 55.8 Å². The zero-order valence-corrected chi connectivity index (χ0v) is 11.6.